The van der Waals surface area contributed by atoms with Crippen LogP contribution in [0.5, 0.6) is 0 Å². The molecular formula is C40H69NO4Si2. The first-order valence-electron chi connectivity index (χ1n) is 18.7. The Balaban J connectivity index is 1.51. The summed E-state index contributed by atoms with van der Waals surface area (Å²) in [5.41, 5.74) is 5.14. The van der Waals surface area contributed by atoms with Gasteiger partial charge in [0.05, 0.1) is 18.3 Å². The summed E-state index contributed by atoms with van der Waals surface area (Å²) in [5.74, 6) is 2.02. The van der Waals surface area contributed by atoms with Crippen molar-refractivity contribution in [3.8, 4) is 0 Å². The van der Waals surface area contributed by atoms with Crippen molar-refractivity contribution >= 4 is 16.6 Å². The second-order valence-electron chi connectivity index (χ2n) is 18.7. The molecule has 0 bridgehead atoms. The topological polar surface area (TPSA) is 64.7 Å². The highest BCUT2D eigenvalue weighted by atomic mass is 28.4. The van der Waals surface area contributed by atoms with Gasteiger partial charge in [0.2, 0.25) is 0 Å². The summed E-state index contributed by atoms with van der Waals surface area (Å²) in [6.45, 7) is 33.2. The van der Waals surface area contributed by atoms with Crippen molar-refractivity contribution in [1.29, 1.82) is 0 Å². The molecule has 0 aliphatic heterocycles. The Bertz CT molecular complexity index is 1270. The number of aliphatic hydroxyl groups excluding tert-OH is 1. The largest absolute Gasteiger partial charge is 0.451 e. The molecule has 1 unspecified atom stereocenters. The quantitative estimate of drug-likeness (QED) is 0.235. The highest BCUT2D eigenvalue weighted by Crippen LogP contribution is 2.60. The second kappa shape index (κ2) is 14.5. The number of fused-ring (bicyclic) bond motifs is 1. The number of rotatable bonds is 11. The molecule has 7 heteroatoms. The molecule has 1 aromatic heterocycles. The van der Waals surface area contributed by atoms with Gasteiger partial charge in [0.15, 0.2) is 23.0 Å². The van der Waals surface area contributed by atoms with Gasteiger partial charge in [-0.25, -0.2) is 4.98 Å². The minimum atomic E-state index is -1.99. The number of nitrogens with zero attached hydrogens (tertiary/aromatic N) is 1. The average molecular weight is 684 g/mol. The molecule has 266 valence electrons. The van der Waals surface area contributed by atoms with Gasteiger partial charge in [0.25, 0.3) is 0 Å². The minimum Gasteiger partial charge on any atom is -0.451 e. The molecule has 1 heterocycles. The standard InChI is InChI=1S/C40H69NO4Si2/c1-28(16-14-18-36(42)35-26-43-27-41-35)33-21-22-34-30(17-15-23-40(33,34)9)19-20-31-24-32(44-46(10,11)38(3,4)5)25-37(29(31)2)45-47(12,13)39(6,7)8/h19-20,26-28,32-34,36-37,42H,2,14-18,21-25H2,1,3-13H3/b30-19+,31-20-/t28-,32-,33-,34+,36?,37+,40-/m1/s1. The summed E-state index contributed by atoms with van der Waals surface area (Å²) in [6, 6.07) is 0. The highest BCUT2D eigenvalue weighted by molar-refractivity contribution is 6.74. The Morgan fingerprint density at radius 1 is 1.04 bits per heavy atom. The van der Waals surface area contributed by atoms with Crippen LogP contribution >= 0.6 is 0 Å². The van der Waals surface area contributed by atoms with Gasteiger partial charge in [-0.05, 0) is 116 Å². The molecule has 1 aromatic rings. The van der Waals surface area contributed by atoms with Gasteiger partial charge >= 0.3 is 0 Å². The van der Waals surface area contributed by atoms with Crippen molar-refractivity contribution in [3.05, 3.63) is 53.8 Å². The molecule has 0 radical (unpaired) electrons. The van der Waals surface area contributed by atoms with E-state index in [1.54, 1.807) is 11.8 Å². The third-order valence-corrected chi connectivity index (χ3v) is 22.4. The molecule has 5 nitrogen and oxygen atoms in total. The van der Waals surface area contributed by atoms with Crippen LogP contribution in [0, 0.1) is 23.2 Å². The molecule has 0 aromatic carbocycles. The molecule has 0 spiro atoms. The van der Waals surface area contributed by atoms with E-state index in [1.165, 1.54) is 49.6 Å². The van der Waals surface area contributed by atoms with Gasteiger partial charge in [-0.2, -0.15) is 0 Å². The van der Waals surface area contributed by atoms with E-state index in [1.807, 2.05) is 0 Å². The van der Waals surface area contributed by atoms with Crippen LogP contribution in [0.15, 0.2) is 52.5 Å². The van der Waals surface area contributed by atoms with E-state index in [4.69, 9.17) is 13.3 Å². The summed E-state index contributed by atoms with van der Waals surface area (Å²) in [6.07, 6.45) is 18.7. The lowest BCUT2D eigenvalue weighted by atomic mass is 9.60. The Kier molecular flexibility index (Phi) is 11.9. The summed E-state index contributed by atoms with van der Waals surface area (Å²) < 4.78 is 19.2. The monoisotopic (exact) mass is 683 g/mol. The Hall–Kier alpha value is -1.26. The maximum Gasteiger partial charge on any atom is 0.192 e. The molecule has 3 saturated carbocycles. The molecule has 4 rings (SSSR count). The number of hydrogen-bond donors (Lipinski definition) is 1. The van der Waals surface area contributed by atoms with Crippen LogP contribution in [0.25, 0.3) is 0 Å². The second-order valence-corrected chi connectivity index (χ2v) is 28.2. The fraction of sp³-hybridized carbons (Fsp3) is 0.775. The van der Waals surface area contributed by atoms with Crippen LogP contribution in [0.1, 0.15) is 131 Å². The Morgan fingerprint density at radius 2 is 1.70 bits per heavy atom. The fourth-order valence-corrected chi connectivity index (χ4v) is 11.0. The third kappa shape index (κ3) is 8.73. The van der Waals surface area contributed by atoms with Gasteiger partial charge in [0, 0.05) is 6.42 Å². The number of allylic oxidation sites excluding steroid dienone is 3. The first-order chi connectivity index (χ1) is 21.7. The van der Waals surface area contributed by atoms with Gasteiger partial charge < -0.3 is 18.4 Å². The van der Waals surface area contributed by atoms with E-state index in [-0.39, 0.29) is 22.3 Å². The lowest BCUT2D eigenvalue weighted by molar-refractivity contribution is 0.0895. The SMILES string of the molecule is C=C1/C(=C\C=C2/CCC[C@]3(C)[C@@H]([C@H](C)CCCC(O)c4cocn4)CC[C@@H]23)C[C@@H](O[Si](C)(C)C(C)(C)C)C[C@@H]1O[Si](C)(C)C(C)(C)C. The summed E-state index contributed by atoms with van der Waals surface area (Å²) in [7, 11) is -3.93. The van der Waals surface area contributed by atoms with E-state index in [2.05, 4.69) is 105 Å². The Morgan fingerprint density at radius 3 is 2.32 bits per heavy atom. The van der Waals surface area contributed by atoms with E-state index >= 15 is 0 Å². The van der Waals surface area contributed by atoms with E-state index in [9.17, 15) is 5.11 Å². The Labute approximate surface area is 290 Å². The molecule has 0 amide bonds. The minimum absolute atomic E-state index is 0.0141. The zero-order valence-electron chi connectivity index (χ0n) is 32.2. The summed E-state index contributed by atoms with van der Waals surface area (Å²) >= 11 is 0. The van der Waals surface area contributed by atoms with E-state index in [0.717, 1.165) is 38.0 Å². The predicted molar refractivity (Wildman–Crippen MR) is 201 cm³/mol. The van der Waals surface area contributed by atoms with Crippen molar-refractivity contribution in [1.82, 2.24) is 4.98 Å². The summed E-state index contributed by atoms with van der Waals surface area (Å²) in [5, 5.41) is 10.8. The average Bonchev–Trinajstić information content (AvgIpc) is 3.60. The highest BCUT2D eigenvalue weighted by Gasteiger charge is 2.50. The molecule has 7 atom stereocenters. The first-order valence-corrected chi connectivity index (χ1v) is 24.5. The van der Waals surface area contributed by atoms with Gasteiger partial charge in [-0.3, -0.25) is 0 Å². The van der Waals surface area contributed by atoms with Crippen molar-refractivity contribution in [2.24, 2.45) is 23.2 Å². The van der Waals surface area contributed by atoms with Crippen LogP contribution in [0.2, 0.25) is 36.3 Å². The first kappa shape index (κ1) is 38.5. The van der Waals surface area contributed by atoms with Crippen LogP contribution in [-0.2, 0) is 8.85 Å². The lowest BCUT2D eigenvalue weighted by Gasteiger charge is -2.46. The van der Waals surface area contributed by atoms with Crippen LogP contribution in [-0.4, -0.2) is 38.9 Å². The maximum atomic E-state index is 10.5. The van der Waals surface area contributed by atoms with Crippen molar-refractivity contribution in [2.75, 3.05) is 0 Å². The van der Waals surface area contributed by atoms with E-state index < -0.39 is 22.7 Å². The zero-order chi connectivity index (χ0) is 35.0. The lowest BCUT2D eigenvalue weighted by Crippen LogP contribution is -2.49. The third-order valence-electron chi connectivity index (χ3n) is 13.4. The molecule has 3 aliphatic carbocycles. The van der Waals surface area contributed by atoms with Crippen molar-refractivity contribution in [3.63, 3.8) is 0 Å². The zero-order valence-corrected chi connectivity index (χ0v) is 34.2. The molecular weight excluding hydrogens is 615 g/mol. The van der Waals surface area contributed by atoms with Gasteiger partial charge in [-0.15, -0.1) is 0 Å². The van der Waals surface area contributed by atoms with Crippen LogP contribution in [0.3, 0.4) is 0 Å². The molecule has 0 saturated heterocycles. The fourth-order valence-electron chi connectivity index (χ4n) is 8.35. The number of oxazole rings is 1. The summed E-state index contributed by atoms with van der Waals surface area (Å²) in [4.78, 5) is 4.14. The van der Waals surface area contributed by atoms with Gasteiger partial charge in [-0.1, -0.05) is 92.5 Å². The molecule has 3 aliphatic rings. The number of aliphatic hydroxyl groups is 1. The van der Waals surface area contributed by atoms with Crippen LogP contribution < -0.4 is 0 Å². The van der Waals surface area contributed by atoms with Crippen LogP contribution in [0.4, 0.5) is 0 Å². The predicted octanol–water partition coefficient (Wildman–Crippen LogP) is 11.7. The smallest absolute Gasteiger partial charge is 0.192 e. The number of hydrogen-bond acceptors (Lipinski definition) is 5. The van der Waals surface area contributed by atoms with E-state index in [0.29, 0.717) is 22.9 Å². The van der Waals surface area contributed by atoms with Gasteiger partial charge in [0.1, 0.15) is 12.0 Å². The molecule has 1 N–H and O–H groups in total. The normalized spacial score (nSPS) is 31.0. The molecule has 47 heavy (non-hydrogen) atoms. The van der Waals surface area contributed by atoms with Crippen molar-refractivity contribution in [2.45, 2.75) is 174 Å². The maximum absolute atomic E-state index is 10.5. The number of aromatic nitrogens is 1. The molecule has 3 fully saturated rings. The van der Waals surface area contributed by atoms with Crippen molar-refractivity contribution < 1.29 is 18.4 Å².